The lowest BCUT2D eigenvalue weighted by molar-refractivity contribution is 0.475. The third kappa shape index (κ3) is 3.17. The fourth-order valence-corrected chi connectivity index (χ4v) is 2.79. The normalized spacial score (nSPS) is 10.6. The summed E-state index contributed by atoms with van der Waals surface area (Å²) in [5.41, 5.74) is 3.89. The average molecular weight is 317 g/mol. The van der Waals surface area contributed by atoms with Crippen LogP contribution in [0.4, 0.5) is 10.8 Å². The summed E-state index contributed by atoms with van der Waals surface area (Å²) in [6.07, 6.45) is 0. The maximum absolute atomic E-state index is 9.27. The lowest BCUT2D eigenvalue weighted by atomic mass is 10.1. The number of phenolic OH excluding ortho intramolecular Hbond substituents is 1. The largest absolute Gasteiger partial charge is 0.508 e. The summed E-state index contributed by atoms with van der Waals surface area (Å²) < 4.78 is 0. The summed E-state index contributed by atoms with van der Waals surface area (Å²) in [6.45, 7) is 1.98. The van der Waals surface area contributed by atoms with Gasteiger partial charge in [0.15, 0.2) is 5.13 Å². The van der Waals surface area contributed by atoms with Crippen molar-refractivity contribution in [2.75, 3.05) is 5.32 Å². The maximum atomic E-state index is 9.27. The van der Waals surface area contributed by atoms with Crippen molar-refractivity contribution in [3.63, 3.8) is 0 Å². The minimum Gasteiger partial charge on any atom is -0.508 e. The molecule has 0 aliphatic heterocycles. The van der Waals surface area contributed by atoms with Gasteiger partial charge in [0, 0.05) is 21.7 Å². The number of aryl methyl sites for hydroxylation is 1. The van der Waals surface area contributed by atoms with Crippen LogP contribution < -0.4 is 5.32 Å². The molecule has 0 aliphatic rings. The molecule has 0 atom stereocenters. The van der Waals surface area contributed by atoms with Gasteiger partial charge in [0.2, 0.25) is 0 Å². The van der Waals surface area contributed by atoms with Crippen molar-refractivity contribution in [2.24, 2.45) is 0 Å². The number of hydrogen-bond acceptors (Lipinski definition) is 4. The molecule has 0 unspecified atom stereocenters. The van der Waals surface area contributed by atoms with E-state index in [0.29, 0.717) is 0 Å². The number of halogens is 1. The van der Waals surface area contributed by atoms with E-state index < -0.39 is 0 Å². The molecular formula is C16H13ClN2OS. The van der Waals surface area contributed by atoms with E-state index in [0.717, 1.165) is 32.7 Å². The molecule has 3 rings (SSSR count). The van der Waals surface area contributed by atoms with E-state index >= 15 is 0 Å². The average Bonchev–Trinajstić information content (AvgIpc) is 2.93. The zero-order valence-corrected chi connectivity index (χ0v) is 12.9. The molecule has 0 fully saturated rings. The van der Waals surface area contributed by atoms with E-state index in [4.69, 9.17) is 11.6 Å². The number of phenols is 1. The van der Waals surface area contributed by atoms with E-state index in [2.05, 4.69) is 10.3 Å². The standard InChI is InChI=1S/C16H13ClN2OS/c1-10-8-11(2-7-14(10)17)15-9-21-16(19-15)18-12-3-5-13(20)6-4-12/h2-9,20H,1H3,(H,18,19). The van der Waals surface area contributed by atoms with Gasteiger partial charge in [-0.3, -0.25) is 0 Å². The smallest absolute Gasteiger partial charge is 0.187 e. The molecule has 1 heterocycles. The number of aromatic nitrogens is 1. The molecule has 1 aromatic heterocycles. The molecule has 3 aromatic rings. The third-order valence-electron chi connectivity index (χ3n) is 3.08. The fraction of sp³-hybridized carbons (Fsp3) is 0.0625. The first-order chi connectivity index (χ1) is 10.1. The highest BCUT2D eigenvalue weighted by Crippen LogP contribution is 2.29. The maximum Gasteiger partial charge on any atom is 0.187 e. The van der Waals surface area contributed by atoms with Crippen molar-refractivity contribution in [3.8, 4) is 17.0 Å². The summed E-state index contributed by atoms with van der Waals surface area (Å²) in [7, 11) is 0. The van der Waals surface area contributed by atoms with Crippen LogP contribution in [0.5, 0.6) is 5.75 Å². The van der Waals surface area contributed by atoms with E-state index in [1.807, 2.05) is 42.6 Å². The summed E-state index contributed by atoms with van der Waals surface area (Å²) in [4.78, 5) is 4.57. The number of nitrogens with zero attached hydrogens (tertiary/aromatic N) is 1. The molecule has 2 aromatic carbocycles. The Morgan fingerprint density at radius 2 is 1.90 bits per heavy atom. The van der Waals surface area contributed by atoms with E-state index in [1.165, 1.54) is 11.3 Å². The van der Waals surface area contributed by atoms with E-state index in [9.17, 15) is 5.11 Å². The minimum atomic E-state index is 0.247. The summed E-state index contributed by atoms with van der Waals surface area (Å²) in [5.74, 6) is 0.247. The van der Waals surface area contributed by atoms with Crippen LogP contribution in [0.25, 0.3) is 11.3 Å². The van der Waals surface area contributed by atoms with Crippen LogP contribution in [-0.4, -0.2) is 10.1 Å². The number of hydrogen-bond donors (Lipinski definition) is 2. The quantitative estimate of drug-likeness (QED) is 0.651. The molecule has 3 nitrogen and oxygen atoms in total. The van der Waals surface area contributed by atoms with Crippen molar-refractivity contribution < 1.29 is 5.11 Å². The first-order valence-electron chi connectivity index (χ1n) is 6.40. The van der Waals surface area contributed by atoms with Gasteiger partial charge in [0.05, 0.1) is 5.69 Å². The van der Waals surface area contributed by atoms with Gasteiger partial charge in [-0.2, -0.15) is 0 Å². The predicted octanol–water partition coefficient (Wildman–Crippen LogP) is 5.22. The van der Waals surface area contributed by atoms with Crippen LogP contribution in [0.2, 0.25) is 5.02 Å². The molecule has 5 heteroatoms. The Labute approximate surface area is 131 Å². The predicted molar refractivity (Wildman–Crippen MR) is 88.7 cm³/mol. The zero-order chi connectivity index (χ0) is 14.8. The molecule has 0 amide bonds. The molecule has 0 aliphatic carbocycles. The molecule has 0 saturated carbocycles. The highest BCUT2D eigenvalue weighted by atomic mass is 35.5. The van der Waals surface area contributed by atoms with E-state index in [1.54, 1.807) is 12.1 Å². The van der Waals surface area contributed by atoms with E-state index in [-0.39, 0.29) is 5.75 Å². The summed E-state index contributed by atoms with van der Waals surface area (Å²) in [6, 6.07) is 12.8. The van der Waals surface area contributed by atoms with Gasteiger partial charge in [-0.1, -0.05) is 17.7 Å². The monoisotopic (exact) mass is 316 g/mol. The van der Waals surface area contributed by atoms with Crippen LogP contribution in [0.3, 0.4) is 0 Å². The first-order valence-corrected chi connectivity index (χ1v) is 7.66. The molecule has 2 N–H and O–H groups in total. The lowest BCUT2D eigenvalue weighted by Crippen LogP contribution is -1.89. The number of benzene rings is 2. The van der Waals surface area contributed by atoms with Gasteiger partial charge in [-0.15, -0.1) is 11.3 Å². The van der Waals surface area contributed by atoms with Crippen molar-refractivity contribution in [2.45, 2.75) is 6.92 Å². The molecule has 0 radical (unpaired) electrons. The van der Waals surface area contributed by atoms with Gasteiger partial charge in [0.25, 0.3) is 0 Å². The Kier molecular flexibility index (Phi) is 3.82. The second-order valence-electron chi connectivity index (χ2n) is 4.67. The van der Waals surface area contributed by atoms with Crippen LogP contribution in [0.1, 0.15) is 5.56 Å². The summed E-state index contributed by atoms with van der Waals surface area (Å²) in [5, 5.41) is 16.1. The topological polar surface area (TPSA) is 45.1 Å². The Hall–Kier alpha value is -2.04. The number of anilines is 2. The molecule has 0 bridgehead atoms. The number of aromatic hydroxyl groups is 1. The second-order valence-corrected chi connectivity index (χ2v) is 5.94. The SMILES string of the molecule is Cc1cc(-c2csc(Nc3ccc(O)cc3)n2)ccc1Cl. The van der Waals surface area contributed by atoms with Crippen molar-refractivity contribution in [3.05, 3.63) is 58.4 Å². The Bertz CT molecular complexity index is 768. The Balaban J connectivity index is 1.82. The first kappa shape index (κ1) is 13.9. The van der Waals surface area contributed by atoms with Gasteiger partial charge in [0.1, 0.15) is 5.75 Å². The van der Waals surface area contributed by atoms with Crippen LogP contribution in [0.15, 0.2) is 47.8 Å². The molecule has 0 spiro atoms. The third-order valence-corrected chi connectivity index (χ3v) is 4.26. The van der Waals surface area contributed by atoms with Gasteiger partial charge in [-0.05, 0) is 48.9 Å². The highest BCUT2D eigenvalue weighted by molar-refractivity contribution is 7.14. The number of nitrogens with one attached hydrogen (secondary N) is 1. The van der Waals surface area contributed by atoms with Crippen molar-refractivity contribution in [1.29, 1.82) is 0 Å². The van der Waals surface area contributed by atoms with Gasteiger partial charge < -0.3 is 10.4 Å². The molecular weight excluding hydrogens is 304 g/mol. The van der Waals surface area contributed by atoms with Crippen molar-refractivity contribution >= 4 is 33.8 Å². The lowest BCUT2D eigenvalue weighted by Gasteiger charge is -2.03. The molecule has 21 heavy (non-hydrogen) atoms. The fourth-order valence-electron chi connectivity index (χ4n) is 1.94. The van der Waals surface area contributed by atoms with Crippen LogP contribution in [0, 0.1) is 6.92 Å². The highest BCUT2D eigenvalue weighted by Gasteiger charge is 2.06. The second kappa shape index (κ2) is 5.76. The van der Waals surface area contributed by atoms with Gasteiger partial charge in [-0.25, -0.2) is 4.98 Å². The molecule has 0 saturated heterocycles. The van der Waals surface area contributed by atoms with Crippen LogP contribution >= 0.6 is 22.9 Å². The minimum absolute atomic E-state index is 0.247. The van der Waals surface area contributed by atoms with Crippen LogP contribution in [-0.2, 0) is 0 Å². The number of thiazole rings is 1. The zero-order valence-electron chi connectivity index (χ0n) is 11.3. The Morgan fingerprint density at radius 1 is 1.14 bits per heavy atom. The number of rotatable bonds is 3. The Morgan fingerprint density at radius 3 is 2.62 bits per heavy atom. The molecule has 106 valence electrons. The summed E-state index contributed by atoms with van der Waals surface area (Å²) >= 11 is 7.58. The van der Waals surface area contributed by atoms with Crippen molar-refractivity contribution in [1.82, 2.24) is 4.98 Å². The van der Waals surface area contributed by atoms with Gasteiger partial charge >= 0.3 is 0 Å².